The van der Waals surface area contributed by atoms with Gasteiger partial charge in [-0.1, -0.05) is 35.7 Å². The summed E-state index contributed by atoms with van der Waals surface area (Å²) in [5, 5.41) is 4.32. The zero-order valence-corrected chi connectivity index (χ0v) is 12.9. The van der Waals surface area contributed by atoms with Crippen molar-refractivity contribution in [2.75, 3.05) is 0 Å². The van der Waals surface area contributed by atoms with Gasteiger partial charge in [0, 0.05) is 12.5 Å². The molecule has 1 N–H and O–H groups in total. The van der Waals surface area contributed by atoms with E-state index < -0.39 is 0 Å². The highest BCUT2D eigenvalue weighted by Gasteiger charge is 2.39. The monoisotopic (exact) mass is 311 g/mol. The molecule has 2 bridgehead atoms. The van der Waals surface area contributed by atoms with Crippen molar-refractivity contribution in [3.8, 4) is 0 Å². The highest BCUT2D eigenvalue weighted by atomic mass is 35.5. The minimum Gasteiger partial charge on any atom is -0.353 e. The molecule has 0 aromatic heterocycles. The lowest BCUT2D eigenvalue weighted by molar-refractivity contribution is -0.122. The van der Waals surface area contributed by atoms with Gasteiger partial charge in [0.15, 0.2) is 0 Å². The molecule has 3 atom stereocenters. The molecule has 1 amide bonds. The Morgan fingerprint density at radius 1 is 1.20 bits per heavy atom. The van der Waals surface area contributed by atoms with Crippen molar-refractivity contribution in [2.45, 2.75) is 44.6 Å². The van der Waals surface area contributed by atoms with Gasteiger partial charge in [0.05, 0.1) is 10.0 Å². The van der Waals surface area contributed by atoms with Crippen LogP contribution < -0.4 is 5.32 Å². The fraction of sp³-hybridized carbons (Fsp3) is 0.562. The molecule has 1 aromatic rings. The zero-order valence-electron chi connectivity index (χ0n) is 11.4. The van der Waals surface area contributed by atoms with E-state index in [-0.39, 0.29) is 5.91 Å². The lowest BCUT2D eigenvalue weighted by atomic mass is 9.95. The maximum atomic E-state index is 12.0. The second-order valence-electron chi connectivity index (χ2n) is 6.10. The first-order valence-corrected chi connectivity index (χ1v) is 8.10. The lowest BCUT2D eigenvalue weighted by Gasteiger charge is -2.22. The molecule has 20 heavy (non-hydrogen) atoms. The van der Waals surface area contributed by atoms with Gasteiger partial charge >= 0.3 is 0 Å². The average Bonchev–Trinajstić information content (AvgIpc) is 3.02. The number of nitrogens with one attached hydrogen (secondary N) is 1. The predicted octanol–water partition coefficient (Wildman–Crippen LogP) is 4.23. The van der Waals surface area contributed by atoms with Crippen LogP contribution in [-0.4, -0.2) is 11.9 Å². The second kappa shape index (κ2) is 5.95. The molecule has 2 aliphatic carbocycles. The van der Waals surface area contributed by atoms with Gasteiger partial charge in [-0.3, -0.25) is 4.79 Å². The van der Waals surface area contributed by atoms with Gasteiger partial charge in [-0.2, -0.15) is 0 Å². The van der Waals surface area contributed by atoms with Crippen molar-refractivity contribution in [2.24, 2.45) is 11.8 Å². The summed E-state index contributed by atoms with van der Waals surface area (Å²) in [4.78, 5) is 12.0. The van der Waals surface area contributed by atoms with Crippen LogP contribution in [0.4, 0.5) is 0 Å². The molecule has 1 aromatic carbocycles. The van der Waals surface area contributed by atoms with Crippen molar-refractivity contribution < 1.29 is 4.79 Å². The Balaban J connectivity index is 1.48. The zero-order chi connectivity index (χ0) is 14.1. The fourth-order valence-electron chi connectivity index (χ4n) is 3.65. The summed E-state index contributed by atoms with van der Waals surface area (Å²) in [5.41, 5.74) is 1.06. The molecule has 0 radical (unpaired) electrons. The number of halogens is 2. The molecule has 2 fully saturated rings. The van der Waals surface area contributed by atoms with Gasteiger partial charge in [-0.15, -0.1) is 0 Å². The number of fused-ring (bicyclic) bond motifs is 2. The van der Waals surface area contributed by atoms with E-state index in [1.807, 2.05) is 12.1 Å². The summed E-state index contributed by atoms with van der Waals surface area (Å²) in [6, 6.07) is 5.98. The van der Waals surface area contributed by atoms with E-state index in [1.165, 1.54) is 25.7 Å². The van der Waals surface area contributed by atoms with E-state index in [0.29, 0.717) is 28.9 Å². The van der Waals surface area contributed by atoms with Crippen molar-refractivity contribution in [1.82, 2.24) is 5.32 Å². The SMILES string of the molecule is O=C(CCc1ccc(Cl)c(Cl)c1)N[C@H]1C[C@@H]2CC[C@@H]1C2. The summed E-state index contributed by atoms with van der Waals surface area (Å²) < 4.78 is 0. The Kier molecular flexibility index (Phi) is 4.23. The third-order valence-corrected chi connectivity index (χ3v) is 5.45. The predicted molar refractivity (Wildman–Crippen MR) is 82.2 cm³/mol. The number of aryl methyl sites for hydroxylation is 1. The standard InChI is InChI=1S/C16H19Cl2NO/c17-13-5-2-10(8-14(13)18)3-6-16(20)19-15-9-11-1-4-12(15)7-11/h2,5,8,11-12,15H,1,3-4,6-7,9H2,(H,19,20)/t11-,12-,15+/m1/s1. The van der Waals surface area contributed by atoms with Gasteiger partial charge in [-0.05, 0) is 55.2 Å². The van der Waals surface area contributed by atoms with E-state index in [0.717, 1.165) is 17.4 Å². The first kappa shape index (κ1) is 14.2. The topological polar surface area (TPSA) is 29.1 Å². The minimum absolute atomic E-state index is 0.161. The number of hydrogen-bond acceptors (Lipinski definition) is 1. The number of hydrogen-bond donors (Lipinski definition) is 1. The van der Waals surface area contributed by atoms with Crippen LogP contribution in [0.5, 0.6) is 0 Å². The Hall–Kier alpha value is -0.730. The van der Waals surface area contributed by atoms with Crippen LogP contribution in [0.15, 0.2) is 18.2 Å². The van der Waals surface area contributed by atoms with Crippen LogP contribution in [-0.2, 0) is 11.2 Å². The number of rotatable bonds is 4. The molecule has 0 aliphatic heterocycles. The normalized spacial score (nSPS) is 27.8. The first-order chi connectivity index (χ1) is 9.61. The molecule has 2 nitrogen and oxygen atoms in total. The summed E-state index contributed by atoms with van der Waals surface area (Å²) in [5.74, 6) is 1.75. The van der Waals surface area contributed by atoms with Crippen LogP contribution in [0.1, 0.15) is 37.7 Å². The second-order valence-corrected chi connectivity index (χ2v) is 6.91. The number of carbonyl (C=O) groups excluding carboxylic acids is 1. The molecule has 2 aliphatic rings. The van der Waals surface area contributed by atoms with Crippen LogP contribution in [0, 0.1) is 11.8 Å². The van der Waals surface area contributed by atoms with E-state index in [4.69, 9.17) is 23.2 Å². The van der Waals surface area contributed by atoms with Crippen LogP contribution in [0.3, 0.4) is 0 Å². The van der Waals surface area contributed by atoms with Crippen molar-refractivity contribution in [1.29, 1.82) is 0 Å². The Morgan fingerprint density at radius 2 is 2.05 bits per heavy atom. The molecule has 0 heterocycles. The molecular weight excluding hydrogens is 293 g/mol. The smallest absolute Gasteiger partial charge is 0.220 e. The molecular formula is C16H19Cl2NO. The van der Waals surface area contributed by atoms with Crippen LogP contribution in [0.25, 0.3) is 0 Å². The van der Waals surface area contributed by atoms with Gasteiger partial charge in [0.25, 0.3) is 0 Å². The number of benzene rings is 1. The van der Waals surface area contributed by atoms with E-state index in [9.17, 15) is 4.79 Å². The molecule has 3 rings (SSSR count). The number of amides is 1. The quantitative estimate of drug-likeness (QED) is 0.885. The first-order valence-electron chi connectivity index (χ1n) is 7.35. The Morgan fingerprint density at radius 3 is 2.70 bits per heavy atom. The Labute approximate surface area is 129 Å². The molecule has 0 saturated heterocycles. The fourth-order valence-corrected chi connectivity index (χ4v) is 3.97. The van der Waals surface area contributed by atoms with Crippen molar-refractivity contribution >= 4 is 29.1 Å². The molecule has 2 saturated carbocycles. The van der Waals surface area contributed by atoms with E-state index in [2.05, 4.69) is 5.32 Å². The van der Waals surface area contributed by atoms with Crippen molar-refractivity contribution in [3.63, 3.8) is 0 Å². The maximum absolute atomic E-state index is 12.0. The largest absolute Gasteiger partial charge is 0.353 e. The third-order valence-electron chi connectivity index (χ3n) is 4.71. The van der Waals surface area contributed by atoms with Gasteiger partial charge in [0.1, 0.15) is 0 Å². The maximum Gasteiger partial charge on any atom is 0.220 e. The minimum atomic E-state index is 0.161. The molecule has 4 heteroatoms. The van der Waals surface area contributed by atoms with Crippen LogP contribution >= 0.6 is 23.2 Å². The molecule has 108 valence electrons. The Bertz CT molecular complexity index is 517. The van der Waals surface area contributed by atoms with E-state index in [1.54, 1.807) is 6.07 Å². The van der Waals surface area contributed by atoms with Crippen molar-refractivity contribution in [3.05, 3.63) is 33.8 Å². The van der Waals surface area contributed by atoms with Gasteiger partial charge in [-0.25, -0.2) is 0 Å². The highest BCUT2D eigenvalue weighted by molar-refractivity contribution is 6.42. The molecule has 0 unspecified atom stereocenters. The number of carbonyl (C=O) groups is 1. The summed E-state index contributed by atoms with van der Waals surface area (Å²) in [7, 11) is 0. The van der Waals surface area contributed by atoms with Gasteiger partial charge in [0.2, 0.25) is 5.91 Å². The average molecular weight is 312 g/mol. The summed E-state index contributed by atoms with van der Waals surface area (Å²) in [6.45, 7) is 0. The van der Waals surface area contributed by atoms with E-state index >= 15 is 0 Å². The van der Waals surface area contributed by atoms with Crippen LogP contribution in [0.2, 0.25) is 10.0 Å². The highest BCUT2D eigenvalue weighted by Crippen LogP contribution is 2.44. The van der Waals surface area contributed by atoms with Gasteiger partial charge < -0.3 is 5.32 Å². The summed E-state index contributed by atoms with van der Waals surface area (Å²) in [6.07, 6.45) is 6.39. The lowest BCUT2D eigenvalue weighted by Crippen LogP contribution is -2.38. The molecule has 0 spiro atoms. The third kappa shape index (κ3) is 3.12. The summed E-state index contributed by atoms with van der Waals surface area (Å²) >= 11 is 11.9.